The molecule has 2 rings (SSSR count). The highest BCUT2D eigenvalue weighted by Crippen LogP contribution is 2.34. The van der Waals surface area contributed by atoms with Gasteiger partial charge in [0, 0.05) is 4.88 Å². The first-order chi connectivity index (χ1) is 11.4. The van der Waals surface area contributed by atoms with Crippen LogP contribution < -0.4 is 5.32 Å². The highest BCUT2D eigenvalue weighted by Gasteiger charge is 2.26. The van der Waals surface area contributed by atoms with Crippen molar-refractivity contribution in [2.45, 2.75) is 47.5 Å². The summed E-state index contributed by atoms with van der Waals surface area (Å²) in [5.41, 5.74) is 2.39. The molecule has 24 heavy (non-hydrogen) atoms. The smallest absolute Gasteiger partial charge is 0.341 e. The van der Waals surface area contributed by atoms with Crippen LogP contribution in [0.5, 0.6) is 0 Å². The number of carbonyl (C=O) groups is 2. The number of thiophene rings is 1. The quantitative estimate of drug-likeness (QED) is 0.799. The Morgan fingerprint density at radius 3 is 2.46 bits per heavy atom. The van der Waals surface area contributed by atoms with Crippen molar-refractivity contribution in [3.63, 3.8) is 0 Å². The molecule has 0 saturated heterocycles. The van der Waals surface area contributed by atoms with Crippen LogP contribution >= 0.6 is 11.3 Å². The molecule has 130 valence electrons. The van der Waals surface area contributed by atoms with Crippen LogP contribution in [0, 0.1) is 13.8 Å². The molecule has 6 nitrogen and oxygen atoms in total. The van der Waals surface area contributed by atoms with Crippen LogP contribution in [0.25, 0.3) is 0 Å². The van der Waals surface area contributed by atoms with Gasteiger partial charge in [-0.2, -0.15) is 0 Å². The Balaban J connectivity index is 2.40. The largest absolute Gasteiger partial charge is 0.462 e. The average molecular weight is 350 g/mol. The monoisotopic (exact) mass is 350 g/mol. The lowest BCUT2D eigenvalue weighted by Gasteiger charge is -2.08. The van der Waals surface area contributed by atoms with Crippen LogP contribution in [-0.4, -0.2) is 23.6 Å². The van der Waals surface area contributed by atoms with Crippen molar-refractivity contribution in [3.05, 3.63) is 33.0 Å². The van der Waals surface area contributed by atoms with Crippen molar-refractivity contribution in [1.82, 2.24) is 5.16 Å². The van der Waals surface area contributed by atoms with E-state index < -0.39 is 5.97 Å². The summed E-state index contributed by atoms with van der Waals surface area (Å²) in [6, 6.07) is 0. The van der Waals surface area contributed by atoms with E-state index in [1.54, 1.807) is 13.8 Å². The molecule has 0 aromatic carbocycles. The minimum absolute atomic E-state index is 0.287. The Morgan fingerprint density at radius 1 is 1.17 bits per heavy atom. The average Bonchev–Trinajstić information content (AvgIpc) is 3.06. The Bertz CT molecular complexity index is 761. The third-order valence-corrected chi connectivity index (χ3v) is 4.83. The summed E-state index contributed by atoms with van der Waals surface area (Å²) in [5, 5.41) is 7.25. The highest BCUT2D eigenvalue weighted by atomic mass is 32.1. The number of hydrogen-bond donors (Lipinski definition) is 1. The second-order valence-corrected chi connectivity index (χ2v) is 6.51. The van der Waals surface area contributed by atoms with Gasteiger partial charge in [0.05, 0.1) is 17.9 Å². The summed E-state index contributed by atoms with van der Waals surface area (Å²) in [7, 11) is 0. The zero-order valence-electron chi connectivity index (χ0n) is 14.6. The lowest BCUT2D eigenvalue weighted by molar-refractivity contribution is 0.0527. The number of ether oxygens (including phenoxy) is 1. The fourth-order valence-electron chi connectivity index (χ4n) is 2.63. The number of aromatic nitrogens is 1. The van der Waals surface area contributed by atoms with Gasteiger partial charge in [0.25, 0.3) is 5.91 Å². The summed E-state index contributed by atoms with van der Waals surface area (Å²) in [6.45, 7) is 9.56. The molecule has 0 spiro atoms. The topological polar surface area (TPSA) is 81.4 Å². The number of anilines is 1. The standard InChI is InChI=1S/C17H22N2O4S/c1-6-11-10(5)24-16(14(11)17(21)22-8-3)18-15(20)13-9(4)23-19-12(13)7-2/h6-8H2,1-5H3,(H,18,20). The van der Waals surface area contributed by atoms with Crippen LogP contribution in [-0.2, 0) is 17.6 Å². The Kier molecular flexibility index (Phi) is 5.77. The number of rotatable bonds is 6. The maximum atomic E-state index is 12.7. The molecule has 2 aromatic heterocycles. The Labute approximate surface area is 145 Å². The van der Waals surface area contributed by atoms with Gasteiger partial charge >= 0.3 is 5.97 Å². The summed E-state index contributed by atoms with van der Waals surface area (Å²) in [4.78, 5) is 26.0. The molecule has 0 aliphatic heterocycles. The maximum absolute atomic E-state index is 12.7. The molecule has 0 saturated carbocycles. The van der Waals surface area contributed by atoms with E-state index in [4.69, 9.17) is 9.26 Å². The van der Waals surface area contributed by atoms with Gasteiger partial charge in [-0.15, -0.1) is 11.3 Å². The van der Waals surface area contributed by atoms with E-state index in [0.717, 1.165) is 10.4 Å². The minimum Gasteiger partial charge on any atom is -0.462 e. The molecular weight excluding hydrogens is 328 g/mol. The third kappa shape index (κ3) is 3.36. The number of nitrogens with zero attached hydrogens (tertiary/aromatic N) is 1. The minimum atomic E-state index is -0.410. The molecule has 2 aromatic rings. The van der Waals surface area contributed by atoms with Gasteiger partial charge in [0.1, 0.15) is 16.3 Å². The van der Waals surface area contributed by atoms with Crippen molar-refractivity contribution < 1.29 is 18.8 Å². The molecule has 0 fully saturated rings. The molecule has 1 N–H and O–H groups in total. The van der Waals surface area contributed by atoms with Gasteiger partial charge in [-0.3, -0.25) is 4.79 Å². The van der Waals surface area contributed by atoms with Crippen LogP contribution in [0.2, 0.25) is 0 Å². The van der Waals surface area contributed by atoms with Crippen LogP contribution in [0.4, 0.5) is 5.00 Å². The van der Waals surface area contributed by atoms with E-state index in [1.165, 1.54) is 11.3 Å². The number of carbonyl (C=O) groups excluding carboxylic acids is 2. The van der Waals surface area contributed by atoms with Crippen molar-refractivity contribution in [1.29, 1.82) is 0 Å². The van der Waals surface area contributed by atoms with E-state index >= 15 is 0 Å². The third-order valence-electron chi connectivity index (χ3n) is 3.76. The van der Waals surface area contributed by atoms with Gasteiger partial charge in [-0.1, -0.05) is 19.0 Å². The van der Waals surface area contributed by atoms with Crippen LogP contribution in [0.1, 0.15) is 63.4 Å². The van der Waals surface area contributed by atoms with E-state index in [-0.39, 0.29) is 12.5 Å². The van der Waals surface area contributed by atoms with E-state index in [9.17, 15) is 9.59 Å². The zero-order chi connectivity index (χ0) is 17.9. The molecule has 0 unspecified atom stereocenters. The van der Waals surface area contributed by atoms with Crippen LogP contribution in [0.15, 0.2) is 4.52 Å². The molecular formula is C17H22N2O4S. The molecule has 0 atom stereocenters. The molecule has 2 heterocycles. The fraction of sp³-hybridized carbons (Fsp3) is 0.471. The number of esters is 1. The molecule has 1 amide bonds. The Morgan fingerprint density at radius 2 is 1.88 bits per heavy atom. The predicted octanol–water partition coefficient (Wildman–Crippen LogP) is 3.91. The first kappa shape index (κ1) is 18.2. The number of nitrogens with one attached hydrogen (secondary N) is 1. The summed E-state index contributed by atoms with van der Waals surface area (Å²) in [6.07, 6.45) is 1.29. The first-order valence-corrected chi connectivity index (χ1v) is 8.81. The zero-order valence-corrected chi connectivity index (χ0v) is 15.4. The van der Waals surface area contributed by atoms with Crippen molar-refractivity contribution in [3.8, 4) is 0 Å². The number of amides is 1. The summed E-state index contributed by atoms with van der Waals surface area (Å²) in [5.74, 6) is -0.266. The molecule has 7 heteroatoms. The fourth-order valence-corrected chi connectivity index (χ4v) is 3.76. The van der Waals surface area contributed by atoms with Gasteiger partial charge < -0.3 is 14.6 Å². The van der Waals surface area contributed by atoms with Crippen molar-refractivity contribution in [2.24, 2.45) is 0 Å². The highest BCUT2D eigenvalue weighted by molar-refractivity contribution is 7.16. The van der Waals surface area contributed by atoms with Crippen molar-refractivity contribution in [2.75, 3.05) is 11.9 Å². The van der Waals surface area contributed by atoms with E-state index in [1.807, 2.05) is 20.8 Å². The van der Waals surface area contributed by atoms with Gasteiger partial charge in [-0.05, 0) is 39.2 Å². The number of hydrogen-bond acceptors (Lipinski definition) is 6. The Hall–Kier alpha value is -2.15. The second kappa shape index (κ2) is 7.61. The summed E-state index contributed by atoms with van der Waals surface area (Å²) < 4.78 is 10.3. The number of aryl methyl sites for hydroxylation is 3. The van der Waals surface area contributed by atoms with Crippen LogP contribution in [0.3, 0.4) is 0 Å². The van der Waals surface area contributed by atoms with Gasteiger partial charge in [-0.25, -0.2) is 4.79 Å². The summed E-state index contributed by atoms with van der Waals surface area (Å²) >= 11 is 1.38. The first-order valence-electron chi connectivity index (χ1n) is 8.00. The molecule has 0 radical (unpaired) electrons. The molecule has 0 aliphatic carbocycles. The van der Waals surface area contributed by atoms with E-state index in [0.29, 0.717) is 40.4 Å². The maximum Gasteiger partial charge on any atom is 0.341 e. The molecule has 0 bridgehead atoms. The normalized spacial score (nSPS) is 10.7. The second-order valence-electron chi connectivity index (χ2n) is 5.28. The lowest BCUT2D eigenvalue weighted by atomic mass is 10.1. The lowest BCUT2D eigenvalue weighted by Crippen LogP contribution is -2.16. The van der Waals surface area contributed by atoms with Gasteiger partial charge in [0.15, 0.2) is 0 Å². The molecule has 0 aliphatic rings. The van der Waals surface area contributed by atoms with Crippen molar-refractivity contribution >= 4 is 28.2 Å². The predicted molar refractivity (Wildman–Crippen MR) is 93.0 cm³/mol. The van der Waals surface area contributed by atoms with Gasteiger partial charge in [0.2, 0.25) is 0 Å². The van der Waals surface area contributed by atoms with E-state index in [2.05, 4.69) is 10.5 Å². The SMILES string of the molecule is CCOC(=O)c1c(NC(=O)c2c(CC)noc2C)sc(C)c1CC.